The molecule has 1 N–H and O–H groups in total. The number of nitrogens with zero attached hydrogens (tertiary/aromatic N) is 3. The number of Topliss-reactive ketones (excluding diaryl/α,β-unsaturated/α-hetero) is 1. The molecule has 0 bridgehead atoms. The van der Waals surface area contributed by atoms with Gasteiger partial charge in [-0.2, -0.15) is 0 Å². The van der Waals surface area contributed by atoms with Crippen LogP contribution in [0.3, 0.4) is 0 Å². The van der Waals surface area contributed by atoms with E-state index in [1.165, 1.54) is 0 Å². The predicted octanol–water partition coefficient (Wildman–Crippen LogP) is 2.46. The van der Waals surface area contributed by atoms with Crippen LogP contribution in [0.25, 0.3) is 11.0 Å². The lowest BCUT2D eigenvalue weighted by Gasteiger charge is -2.13. The molecule has 0 aliphatic heterocycles. The molecule has 0 unspecified atom stereocenters. The largest absolute Gasteiger partial charge is 0.491 e. The molecule has 0 fully saturated rings. The van der Waals surface area contributed by atoms with Crippen molar-refractivity contribution in [3.05, 3.63) is 54.1 Å². The Bertz CT molecular complexity index is 827. The van der Waals surface area contributed by atoms with Gasteiger partial charge in [-0.1, -0.05) is 24.3 Å². The quantitative estimate of drug-likeness (QED) is 0.675. The highest BCUT2D eigenvalue weighted by Crippen LogP contribution is 2.14. The van der Waals surface area contributed by atoms with E-state index in [-0.39, 0.29) is 12.4 Å². The first-order valence-electron chi connectivity index (χ1n) is 7.89. The number of carbonyl (C=O) groups excluding carboxylic acids is 1. The van der Waals surface area contributed by atoms with Gasteiger partial charge in [-0.3, -0.25) is 4.79 Å². The number of benzene rings is 2. The number of ether oxygens (including phenoxy) is 1. The zero-order valence-corrected chi connectivity index (χ0v) is 13.4. The Balaban J connectivity index is 1.57. The molecular formula is C18H19N3O3. The Morgan fingerprint density at radius 3 is 2.71 bits per heavy atom. The fraction of sp³-hybridized carbons (Fsp3) is 0.278. The summed E-state index contributed by atoms with van der Waals surface area (Å²) in [7, 11) is 0. The van der Waals surface area contributed by atoms with Crippen molar-refractivity contribution in [3.63, 3.8) is 0 Å². The van der Waals surface area contributed by atoms with E-state index in [1.807, 2.05) is 31.2 Å². The van der Waals surface area contributed by atoms with Crippen LogP contribution in [0, 0.1) is 0 Å². The molecule has 6 heteroatoms. The zero-order valence-electron chi connectivity index (χ0n) is 13.4. The summed E-state index contributed by atoms with van der Waals surface area (Å²) in [4.78, 5) is 11.6. The third-order valence-electron chi connectivity index (χ3n) is 3.74. The fourth-order valence-corrected chi connectivity index (χ4v) is 2.44. The summed E-state index contributed by atoms with van der Waals surface area (Å²) in [6.07, 6.45) is -0.239. The number of hydrogen-bond acceptors (Lipinski definition) is 5. The number of fused-ring (bicyclic) bond motifs is 1. The Kier molecular flexibility index (Phi) is 4.86. The lowest BCUT2D eigenvalue weighted by atomic mass is 10.1. The van der Waals surface area contributed by atoms with Crippen LogP contribution in [0.2, 0.25) is 0 Å². The highest BCUT2D eigenvalue weighted by molar-refractivity contribution is 5.95. The van der Waals surface area contributed by atoms with Crippen molar-refractivity contribution in [2.24, 2.45) is 0 Å². The summed E-state index contributed by atoms with van der Waals surface area (Å²) in [6.45, 7) is 2.26. The highest BCUT2D eigenvalue weighted by Gasteiger charge is 2.11. The van der Waals surface area contributed by atoms with Crippen LogP contribution in [-0.2, 0) is 6.54 Å². The van der Waals surface area contributed by atoms with Crippen LogP contribution in [0.5, 0.6) is 5.75 Å². The van der Waals surface area contributed by atoms with Crippen LogP contribution in [0.15, 0.2) is 48.5 Å². The third-order valence-corrected chi connectivity index (χ3v) is 3.74. The van der Waals surface area contributed by atoms with Crippen LogP contribution < -0.4 is 4.74 Å². The molecule has 0 radical (unpaired) electrons. The first-order chi connectivity index (χ1) is 11.7. The first kappa shape index (κ1) is 16.1. The first-order valence-corrected chi connectivity index (χ1v) is 7.89. The summed E-state index contributed by atoms with van der Waals surface area (Å²) in [5, 5.41) is 18.3. The van der Waals surface area contributed by atoms with Crippen molar-refractivity contribution in [2.75, 3.05) is 6.61 Å². The van der Waals surface area contributed by atoms with Gasteiger partial charge in [-0.15, -0.1) is 5.10 Å². The molecule has 6 nitrogen and oxygen atoms in total. The Morgan fingerprint density at radius 2 is 1.96 bits per heavy atom. The smallest absolute Gasteiger partial charge is 0.162 e. The predicted molar refractivity (Wildman–Crippen MR) is 90.1 cm³/mol. The van der Waals surface area contributed by atoms with E-state index < -0.39 is 6.10 Å². The van der Waals surface area contributed by atoms with Crippen LogP contribution in [-0.4, -0.2) is 38.6 Å². The lowest BCUT2D eigenvalue weighted by Crippen LogP contribution is -2.24. The van der Waals surface area contributed by atoms with Gasteiger partial charge in [0.25, 0.3) is 0 Å². The zero-order chi connectivity index (χ0) is 16.9. The fourth-order valence-electron chi connectivity index (χ4n) is 2.44. The molecule has 0 aliphatic carbocycles. The Morgan fingerprint density at radius 1 is 1.21 bits per heavy atom. The summed E-state index contributed by atoms with van der Waals surface area (Å²) >= 11 is 0. The molecule has 0 aliphatic rings. The normalized spacial score (nSPS) is 12.2. The maximum Gasteiger partial charge on any atom is 0.162 e. The highest BCUT2D eigenvalue weighted by atomic mass is 16.5. The summed E-state index contributed by atoms with van der Waals surface area (Å²) in [6, 6.07) is 14.5. The van der Waals surface area contributed by atoms with Gasteiger partial charge in [-0.05, 0) is 36.4 Å². The van der Waals surface area contributed by atoms with E-state index >= 15 is 0 Å². The van der Waals surface area contributed by atoms with Crippen molar-refractivity contribution in [3.8, 4) is 5.75 Å². The molecular weight excluding hydrogens is 306 g/mol. The van der Waals surface area contributed by atoms with Crippen molar-refractivity contribution in [2.45, 2.75) is 26.0 Å². The molecule has 1 aromatic heterocycles. The van der Waals surface area contributed by atoms with Gasteiger partial charge in [0.05, 0.1) is 12.1 Å². The average Bonchev–Trinajstić information content (AvgIpc) is 3.03. The second kappa shape index (κ2) is 7.23. The van der Waals surface area contributed by atoms with Crippen molar-refractivity contribution in [1.29, 1.82) is 0 Å². The van der Waals surface area contributed by atoms with E-state index in [2.05, 4.69) is 10.3 Å². The van der Waals surface area contributed by atoms with Crippen LogP contribution in [0.4, 0.5) is 0 Å². The lowest BCUT2D eigenvalue weighted by molar-refractivity contribution is 0.0898. The summed E-state index contributed by atoms with van der Waals surface area (Å²) in [5.74, 6) is 0.713. The average molecular weight is 325 g/mol. The number of para-hydroxylation sites is 1. The van der Waals surface area contributed by atoms with Crippen molar-refractivity contribution >= 4 is 16.8 Å². The molecule has 1 heterocycles. The Hall–Kier alpha value is -2.73. The SMILES string of the molecule is CCC(=O)c1ccc(OC[C@H](O)Cn2nnc3ccccc32)cc1. The third kappa shape index (κ3) is 3.60. The Labute approximate surface area is 139 Å². The molecule has 0 amide bonds. The number of hydrogen-bond donors (Lipinski definition) is 1. The molecule has 1 atom stereocenters. The minimum absolute atomic E-state index is 0.0969. The van der Waals surface area contributed by atoms with Gasteiger partial charge in [0.1, 0.15) is 24.0 Å². The molecule has 2 aromatic carbocycles. The topological polar surface area (TPSA) is 77.2 Å². The van der Waals surface area contributed by atoms with E-state index in [4.69, 9.17) is 4.74 Å². The van der Waals surface area contributed by atoms with Gasteiger partial charge in [0, 0.05) is 12.0 Å². The molecule has 0 spiro atoms. The number of aliphatic hydroxyl groups is 1. The summed E-state index contributed by atoms with van der Waals surface area (Å²) < 4.78 is 7.23. The van der Waals surface area contributed by atoms with Gasteiger partial charge in [0.15, 0.2) is 5.78 Å². The number of ketones is 1. The van der Waals surface area contributed by atoms with Crippen LogP contribution in [0.1, 0.15) is 23.7 Å². The molecule has 3 rings (SSSR count). The van der Waals surface area contributed by atoms with Crippen molar-refractivity contribution in [1.82, 2.24) is 15.0 Å². The second-order valence-corrected chi connectivity index (χ2v) is 5.53. The van der Waals surface area contributed by atoms with Gasteiger partial charge in [0.2, 0.25) is 0 Å². The van der Waals surface area contributed by atoms with E-state index in [1.54, 1.807) is 28.9 Å². The summed E-state index contributed by atoms with van der Waals surface area (Å²) in [5.41, 5.74) is 2.33. The molecule has 3 aromatic rings. The number of aromatic nitrogens is 3. The molecule has 0 saturated carbocycles. The molecule has 24 heavy (non-hydrogen) atoms. The second-order valence-electron chi connectivity index (χ2n) is 5.53. The number of aliphatic hydroxyl groups excluding tert-OH is 1. The standard InChI is InChI=1S/C18H19N3O3/c1-2-18(23)13-7-9-15(10-8-13)24-12-14(22)11-21-17-6-4-3-5-16(17)19-20-21/h3-10,14,22H,2,11-12H2,1H3/t14-/m1/s1. The van der Waals surface area contributed by atoms with Crippen LogP contribution >= 0.6 is 0 Å². The molecule has 0 saturated heterocycles. The van der Waals surface area contributed by atoms with E-state index in [9.17, 15) is 9.90 Å². The van der Waals surface area contributed by atoms with E-state index in [0.29, 0.717) is 24.3 Å². The number of rotatable bonds is 7. The van der Waals surface area contributed by atoms with Gasteiger partial charge in [-0.25, -0.2) is 4.68 Å². The monoisotopic (exact) mass is 325 g/mol. The minimum Gasteiger partial charge on any atom is -0.491 e. The number of carbonyl (C=O) groups is 1. The maximum atomic E-state index is 11.6. The van der Waals surface area contributed by atoms with Gasteiger partial charge < -0.3 is 9.84 Å². The molecule has 124 valence electrons. The minimum atomic E-state index is -0.716. The van der Waals surface area contributed by atoms with Gasteiger partial charge >= 0.3 is 0 Å². The maximum absolute atomic E-state index is 11.6. The van der Waals surface area contributed by atoms with E-state index in [0.717, 1.165) is 11.0 Å². The van der Waals surface area contributed by atoms with Crippen molar-refractivity contribution < 1.29 is 14.6 Å².